The van der Waals surface area contributed by atoms with E-state index in [0.29, 0.717) is 19.0 Å². The Labute approximate surface area is 165 Å². The molecule has 0 aliphatic carbocycles. The highest BCUT2D eigenvalue weighted by atomic mass is 16.2. The lowest BCUT2D eigenvalue weighted by Crippen LogP contribution is -2.52. The maximum atomic E-state index is 12.8. The number of nitrogens with zero attached hydrogens (tertiary/aromatic N) is 3. The monoisotopic (exact) mass is 380 g/mol. The van der Waals surface area contributed by atoms with Crippen LogP contribution >= 0.6 is 0 Å². The van der Waals surface area contributed by atoms with Crippen LogP contribution in [0.2, 0.25) is 0 Å². The number of rotatable bonds is 3. The van der Waals surface area contributed by atoms with Crippen LogP contribution in [0.3, 0.4) is 0 Å². The highest BCUT2D eigenvalue weighted by molar-refractivity contribution is 5.93. The van der Waals surface area contributed by atoms with Crippen LogP contribution in [-0.2, 0) is 0 Å². The van der Waals surface area contributed by atoms with Gasteiger partial charge in [0, 0.05) is 32.4 Å². The minimum absolute atomic E-state index is 0.138. The summed E-state index contributed by atoms with van der Waals surface area (Å²) in [5.41, 5.74) is 1.44. The second-order valence-corrected chi connectivity index (χ2v) is 8.23. The number of aromatic nitrogens is 2. The third kappa shape index (κ3) is 3.74. The maximum Gasteiger partial charge on any atom is 0.263 e. The van der Waals surface area contributed by atoms with Gasteiger partial charge in [0.2, 0.25) is 0 Å². The number of H-pyrrole nitrogens is 1. The van der Waals surface area contributed by atoms with Gasteiger partial charge in [-0.3, -0.25) is 9.59 Å². The molecule has 1 amide bonds. The van der Waals surface area contributed by atoms with Gasteiger partial charge in [0.25, 0.3) is 11.5 Å². The summed E-state index contributed by atoms with van der Waals surface area (Å²) >= 11 is 0. The molecular weight excluding hydrogens is 352 g/mol. The molecule has 2 aliphatic heterocycles. The van der Waals surface area contributed by atoms with E-state index in [0.717, 1.165) is 32.5 Å². The van der Waals surface area contributed by atoms with Crippen molar-refractivity contribution in [2.24, 2.45) is 5.41 Å². The van der Waals surface area contributed by atoms with Gasteiger partial charge in [-0.15, -0.1) is 0 Å². The molecule has 0 saturated carbocycles. The van der Waals surface area contributed by atoms with Crippen LogP contribution in [0.25, 0.3) is 0 Å². The summed E-state index contributed by atoms with van der Waals surface area (Å²) < 4.78 is 0. The van der Waals surface area contributed by atoms with Crippen LogP contribution in [0.15, 0.2) is 47.7 Å². The van der Waals surface area contributed by atoms with Crippen molar-refractivity contribution in [1.82, 2.24) is 19.8 Å². The molecule has 2 saturated heterocycles. The quantitative estimate of drug-likeness (QED) is 0.888. The number of carbonyl (C=O) groups excluding carboxylic acids is 1. The van der Waals surface area contributed by atoms with E-state index < -0.39 is 0 Å². The predicted octanol–water partition coefficient (Wildman–Crippen LogP) is 2.50. The second kappa shape index (κ2) is 7.87. The van der Waals surface area contributed by atoms with E-state index in [1.807, 2.05) is 4.90 Å². The zero-order chi connectivity index (χ0) is 19.6. The minimum atomic E-state index is -0.362. The lowest BCUT2D eigenvalue weighted by molar-refractivity contribution is 0.0157. The highest BCUT2D eigenvalue weighted by Gasteiger charge is 2.42. The fraction of sp³-hybridized carbons (Fsp3) is 0.500. The lowest BCUT2D eigenvalue weighted by Gasteiger charge is -2.50. The van der Waals surface area contributed by atoms with E-state index in [4.69, 9.17) is 0 Å². The van der Waals surface area contributed by atoms with Crippen LogP contribution in [0.4, 0.5) is 0 Å². The van der Waals surface area contributed by atoms with E-state index in [9.17, 15) is 9.59 Å². The molecule has 4 rings (SSSR count). The summed E-state index contributed by atoms with van der Waals surface area (Å²) in [6.45, 7) is 6.89. The molecule has 6 heteroatoms. The van der Waals surface area contributed by atoms with Gasteiger partial charge in [0.15, 0.2) is 0 Å². The Morgan fingerprint density at radius 1 is 1.25 bits per heavy atom. The number of likely N-dealkylation sites (N-methyl/N-ethyl adjacent to an activating group) is 1. The number of aromatic amines is 1. The topological polar surface area (TPSA) is 69.3 Å². The first-order chi connectivity index (χ1) is 13.6. The summed E-state index contributed by atoms with van der Waals surface area (Å²) in [5.74, 6) is 0.338. The van der Waals surface area contributed by atoms with Gasteiger partial charge < -0.3 is 14.8 Å². The number of hydrogen-bond acceptors (Lipinski definition) is 4. The molecule has 28 heavy (non-hydrogen) atoms. The summed E-state index contributed by atoms with van der Waals surface area (Å²) in [4.78, 5) is 35.5. The Morgan fingerprint density at radius 2 is 2.00 bits per heavy atom. The molecule has 1 aromatic heterocycles. The molecule has 3 heterocycles. The number of hydrogen-bond donors (Lipinski definition) is 1. The molecular formula is C22H28N4O2. The fourth-order valence-corrected chi connectivity index (χ4v) is 4.90. The molecule has 6 nitrogen and oxygen atoms in total. The molecule has 1 N–H and O–H groups in total. The second-order valence-electron chi connectivity index (χ2n) is 8.23. The van der Waals surface area contributed by atoms with E-state index in [1.54, 1.807) is 0 Å². The molecule has 1 atom stereocenters. The summed E-state index contributed by atoms with van der Waals surface area (Å²) in [7, 11) is 0. The van der Waals surface area contributed by atoms with Crippen LogP contribution in [0.1, 0.15) is 48.0 Å². The van der Waals surface area contributed by atoms with Crippen molar-refractivity contribution in [3.8, 4) is 0 Å². The highest BCUT2D eigenvalue weighted by Crippen LogP contribution is 2.45. The Kier molecular flexibility index (Phi) is 5.31. The Hall–Kier alpha value is -2.47. The van der Waals surface area contributed by atoms with E-state index in [2.05, 4.69) is 52.1 Å². The average molecular weight is 380 g/mol. The maximum absolute atomic E-state index is 12.8. The summed E-state index contributed by atoms with van der Waals surface area (Å²) in [6.07, 6.45) is 5.82. The number of amides is 1. The summed E-state index contributed by atoms with van der Waals surface area (Å²) in [5, 5.41) is 0. The van der Waals surface area contributed by atoms with Gasteiger partial charge in [0.05, 0.1) is 6.33 Å². The molecule has 2 fully saturated rings. The summed E-state index contributed by atoms with van der Waals surface area (Å²) in [6, 6.07) is 10.8. The lowest BCUT2D eigenvalue weighted by atomic mass is 9.68. The van der Waals surface area contributed by atoms with Crippen molar-refractivity contribution in [3.63, 3.8) is 0 Å². The third-order valence-corrected chi connectivity index (χ3v) is 6.50. The number of likely N-dealkylation sites (tertiary alicyclic amines) is 2. The zero-order valence-electron chi connectivity index (χ0n) is 16.4. The Balaban J connectivity index is 1.48. The van der Waals surface area contributed by atoms with Gasteiger partial charge in [-0.25, -0.2) is 4.98 Å². The molecule has 148 valence electrons. The van der Waals surface area contributed by atoms with E-state index in [1.165, 1.54) is 24.5 Å². The molecule has 0 unspecified atom stereocenters. The average Bonchev–Trinajstić information content (AvgIpc) is 2.74. The van der Waals surface area contributed by atoms with E-state index in [-0.39, 0.29) is 22.4 Å². The van der Waals surface area contributed by atoms with Gasteiger partial charge in [0.1, 0.15) is 5.56 Å². The van der Waals surface area contributed by atoms with Crippen molar-refractivity contribution in [3.05, 3.63) is 64.3 Å². The van der Waals surface area contributed by atoms with Gasteiger partial charge >= 0.3 is 0 Å². The van der Waals surface area contributed by atoms with Crippen molar-refractivity contribution < 1.29 is 4.79 Å². The van der Waals surface area contributed by atoms with Crippen molar-refractivity contribution in [1.29, 1.82) is 0 Å². The van der Waals surface area contributed by atoms with Crippen LogP contribution in [0.5, 0.6) is 0 Å². The largest absolute Gasteiger partial charge is 0.338 e. The van der Waals surface area contributed by atoms with Crippen LogP contribution in [-0.4, -0.2) is 58.4 Å². The molecule has 1 spiro atoms. The number of piperidine rings is 2. The first-order valence-electron chi connectivity index (χ1n) is 10.2. The van der Waals surface area contributed by atoms with Gasteiger partial charge in [-0.2, -0.15) is 0 Å². The molecule has 2 aromatic rings. The number of carbonyl (C=O) groups is 1. The Morgan fingerprint density at radius 3 is 2.68 bits per heavy atom. The predicted molar refractivity (Wildman–Crippen MR) is 108 cm³/mol. The normalized spacial score (nSPS) is 22.3. The SMILES string of the molecule is CCN1C[C@@H](c2ccccc2)CC2(CCN(C(=O)c3cnc[nH]c3=O)CC2)C1. The fourth-order valence-electron chi connectivity index (χ4n) is 4.90. The van der Waals surface area contributed by atoms with Crippen molar-refractivity contribution in [2.45, 2.75) is 32.1 Å². The van der Waals surface area contributed by atoms with E-state index >= 15 is 0 Å². The van der Waals surface area contributed by atoms with Gasteiger partial charge in [-0.05, 0) is 42.7 Å². The smallest absolute Gasteiger partial charge is 0.263 e. The first-order valence-corrected chi connectivity index (χ1v) is 10.2. The first kappa shape index (κ1) is 18.9. The molecule has 0 radical (unpaired) electrons. The number of benzene rings is 1. The molecule has 2 aliphatic rings. The standard InChI is InChI=1S/C22H28N4O2/c1-2-25-14-18(17-6-4-3-5-7-17)12-22(15-25)8-10-26(11-9-22)21(28)19-13-23-16-24-20(19)27/h3-7,13,16,18H,2,8-12,14-15H2,1H3,(H,23,24,27)/t18-/m0/s1. The Bertz CT molecular complexity index is 871. The number of nitrogens with one attached hydrogen (secondary N) is 1. The van der Waals surface area contributed by atoms with Crippen molar-refractivity contribution in [2.75, 3.05) is 32.7 Å². The van der Waals surface area contributed by atoms with Crippen LogP contribution in [0, 0.1) is 5.41 Å². The molecule has 0 bridgehead atoms. The molecule has 1 aromatic carbocycles. The van der Waals surface area contributed by atoms with Gasteiger partial charge in [-0.1, -0.05) is 37.3 Å². The zero-order valence-corrected chi connectivity index (χ0v) is 16.4. The minimum Gasteiger partial charge on any atom is -0.338 e. The van der Waals surface area contributed by atoms with Crippen molar-refractivity contribution >= 4 is 5.91 Å². The van der Waals surface area contributed by atoms with Crippen LogP contribution < -0.4 is 5.56 Å². The third-order valence-electron chi connectivity index (χ3n) is 6.50.